The van der Waals surface area contributed by atoms with Gasteiger partial charge in [0, 0.05) is 25.4 Å². The number of ether oxygens (including phenoxy) is 1. The highest BCUT2D eigenvalue weighted by Crippen LogP contribution is 2.24. The van der Waals surface area contributed by atoms with Crippen molar-refractivity contribution in [2.75, 3.05) is 38.6 Å². The molecule has 0 radical (unpaired) electrons. The maximum absolute atomic E-state index is 5.54. The van der Waals surface area contributed by atoms with Crippen LogP contribution in [0.2, 0.25) is 0 Å². The zero-order chi connectivity index (χ0) is 15.9. The molecule has 23 heavy (non-hydrogen) atoms. The van der Waals surface area contributed by atoms with E-state index in [1.54, 1.807) is 0 Å². The molecule has 0 atom stereocenters. The summed E-state index contributed by atoms with van der Waals surface area (Å²) in [5, 5.41) is 1.13. The number of thioether (sulfide) groups is 1. The molecular formula is C18H27N3OS. The van der Waals surface area contributed by atoms with Gasteiger partial charge in [0.2, 0.25) is 0 Å². The molecule has 1 aliphatic heterocycles. The number of imidazole rings is 1. The fourth-order valence-corrected chi connectivity index (χ4v) is 4.17. The molecule has 0 N–H and O–H groups in total. The second-order valence-corrected chi connectivity index (χ2v) is 7.04. The van der Waals surface area contributed by atoms with Gasteiger partial charge >= 0.3 is 0 Å². The van der Waals surface area contributed by atoms with E-state index >= 15 is 0 Å². The highest BCUT2D eigenvalue weighted by molar-refractivity contribution is 7.99. The van der Waals surface area contributed by atoms with Crippen molar-refractivity contribution in [3.63, 3.8) is 0 Å². The number of hydrogen-bond donors (Lipinski definition) is 0. The number of benzene rings is 1. The zero-order valence-corrected chi connectivity index (χ0v) is 14.9. The van der Waals surface area contributed by atoms with E-state index in [9.17, 15) is 0 Å². The third-order valence-corrected chi connectivity index (χ3v) is 5.33. The Labute approximate surface area is 143 Å². The maximum Gasteiger partial charge on any atom is 0.169 e. The molecular weight excluding hydrogens is 306 g/mol. The van der Waals surface area contributed by atoms with Crippen molar-refractivity contribution >= 4 is 22.8 Å². The predicted molar refractivity (Wildman–Crippen MR) is 97.2 cm³/mol. The van der Waals surface area contributed by atoms with Crippen LogP contribution in [0.3, 0.4) is 0 Å². The van der Waals surface area contributed by atoms with Gasteiger partial charge in [0.25, 0.3) is 0 Å². The predicted octanol–water partition coefficient (Wildman–Crippen LogP) is 3.65. The van der Waals surface area contributed by atoms with E-state index in [4.69, 9.17) is 9.72 Å². The third kappa shape index (κ3) is 4.49. The number of piperidine rings is 1. The van der Waals surface area contributed by atoms with Gasteiger partial charge in [-0.05, 0) is 45.0 Å². The average molecular weight is 334 g/mol. The van der Waals surface area contributed by atoms with Crippen molar-refractivity contribution in [2.24, 2.45) is 0 Å². The van der Waals surface area contributed by atoms with Crippen LogP contribution in [0.25, 0.3) is 11.0 Å². The summed E-state index contributed by atoms with van der Waals surface area (Å²) in [5.74, 6) is 1.11. The van der Waals surface area contributed by atoms with Gasteiger partial charge in [-0.1, -0.05) is 30.3 Å². The van der Waals surface area contributed by atoms with E-state index < -0.39 is 0 Å². The smallest absolute Gasteiger partial charge is 0.169 e. The lowest BCUT2D eigenvalue weighted by Gasteiger charge is -2.26. The first-order valence-corrected chi connectivity index (χ1v) is 9.75. The van der Waals surface area contributed by atoms with Gasteiger partial charge in [0.1, 0.15) is 0 Å². The molecule has 0 unspecified atom stereocenters. The molecule has 2 aromatic rings. The molecule has 5 heteroatoms. The average Bonchev–Trinajstić information content (AvgIpc) is 2.94. The summed E-state index contributed by atoms with van der Waals surface area (Å²) in [6, 6.07) is 8.40. The first-order valence-electron chi connectivity index (χ1n) is 8.76. The fourth-order valence-electron chi connectivity index (χ4n) is 3.13. The van der Waals surface area contributed by atoms with Crippen molar-refractivity contribution in [1.82, 2.24) is 14.5 Å². The molecule has 126 valence electrons. The Morgan fingerprint density at radius 2 is 1.96 bits per heavy atom. The van der Waals surface area contributed by atoms with E-state index in [1.165, 1.54) is 44.4 Å². The second kappa shape index (κ2) is 8.71. The van der Waals surface area contributed by atoms with Crippen LogP contribution in [-0.4, -0.2) is 53.1 Å². The van der Waals surface area contributed by atoms with Gasteiger partial charge in [-0.2, -0.15) is 0 Å². The van der Waals surface area contributed by atoms with E-state index in [2.05, 4.69) is 33.7 Å². The molecule has 0 spiro atoms. The Morgan fingerprint density at radius 1 is 1.13 bits per heavy atom. The monoisotopic (exact) mass is 333 g/mol. The van der Waals surface area contributed by atoms with Gasteiger partial charge in [-0.15, -0.1) is 0 Å². The van der Waals surface area contributed by atoms with Crippen LogP contribution in [0.1, 0.15) is 26.2 Å². The summed E-state index contributed by atoms with van der Waals surface area (Å²) in [7, 11) is 0. The van der Waals surface area contributed by atoms with E-state index in [0.29, 0.717) is 0 Å². The van der Waals surface area contributed by atoms with E-state index in [-0.39, 0.29) is 0 Å². The number of aromatic nitrogens is 2. The highest BCUT2D eigenvalue weighted by Gasteiger charge is 2.13. The quantitative estimate of drug-likeness (QED) is 0.545. The van der Waals surface area contributed by atoms with Crippen LogP contribution < -0.4 is 0 Å². The van der Waals surface area contributed by atoms with Gasteiger partial charge in [0.05, 0.1) is 17.6 Å². The lowest BCUT2D eigenvalue weighted by Crippen LogP contribution is -2.31. The Balaban J connectivity index is 1.64. The van der Waals surface area contributed by atoms with Crippen molar-refractivity contribution in [3.05, 3.63) is 24.3 Å². The van der Waals surface area contributed by atoms with Crippen LogP contribution in [0.4, 0.5) is 0 Å². The molecule has 0 amide bonds. The number of para-hydroxylation sites is 2. The zero-order valence-electron chi connectivity index (χ0n) is 14.0. The topological polar surface area (TPSA) is 30.3 Å². The minimum absolute atomic E-state index is 0.747. The Hall–Kier alpha value is -1.04. The molecule has 1 aromatic heterocycles. The van der Waals surface area contributed by atoms with Gasteiger partial charge in [-0.25, -0.2) is 4.98 Å². The van der Waals surface area contributed by atoms with Crippen LogP contribution in [0.15, 0.2) is 29.4 Å². The summed E-state index contributed by atoms with van der Waals surface area (Å²) in [6.45, 7) is 8.13. The van der Waals surface area contributed by atoms with Crippen LogP contribution in [-0.2, 0) is 11.3 Å². The number of fused-ring (bicyclic) bond motifs is 1. The SMILES string of the molecule is CCOCCn1c(SCCN2CCCCC2)nc2ccccc21. The summed E-state index contributed by atoms with van der Waals surface area (Å²) in [6.07, 6.45) is 4.12. The summed E-state index contributed by atoms with van der Waals surface area (Å²) in [4.78, 5) is 7.41. The minimum Gasteiger partial charge on any atom is -0.380 e. The fraction of sp³-hybridized carbons (Fsp3) is 0.611. The van der Waals surface area contributed by atoms with E-state index in [1.807, 2.05) is 18.7 Å². The molecule has 0 aliphatic carbocycles. The van der Waals surface area contributed by atoms with Crippen LogP contribution in [0.5, 0.6) is 0 Å². The molecule has 0 bridgehead atoms. The lowest BCUT2D eigenvalue weighted by atomic mass is 10.1. The second-order valence-electron chi connectivity index (χ2n) is 5.98. The Kier molecular flexibility index (Phi) is 6.37. The number of nitrogens with zero attached hydrogens (tertiary/aromatic N) is 3. The van der Waals surface area contributed by atoms with Gasteiger partial charge in [-0.3, -0.25) is 0 Å². The first kappa shape index (κ1) is 16.8. The Bertz CT molecular complexity index is 607. The van der Waals surface area contributed by atoms with Gasteiger partial charge in [0.15, 0.2) is 5.16 Å². The van der Waals surface area contributed by atoms with Crippen molar-refractivity contribution in [2.45, 2.75) is 37.9 Å². The summed E-state index contributed by atoms with van der Waals surface area (Å²) in [5.41, 5.74) is 2.30. The maximum atomic E-state index is 5.54. The number of hydrogen-bond acceptors (Lipinski definition) is 4. The molecule has 1 aromatic carbocycles. The van der Waals surface area contributed by atoms with Crippen molar-refractivity contribution in [1.29, 1.82) is 0 Å². The first-order chi connectivity index (χ1) is 11.4. The van der Waals surface area contributed by atoms with Crippen molar-refractivity contribution < 1.29 is 4.74 Å². The van der Waals surface area contributed by atoms with Crippen molar-refractivity contribution in [3.8, 4) is 0 Å². The van der Waals surface area contributed by atoms with Crippen LogP contribution >= 0.6 is 11.8 Å². The normalized spacial score (nSPS) is 16.2. The Morgan fingerprint density at radius 3 is 2.78 bits per heavy atom. The molecule has 3 rings (SSSR count). The summed E-state index contributed by atoms with van der Waals surface area (Å²) < 4.78 is 7.86. The standard InChI is InChI=1S/C18H27N3OS/c1-2-22-14-12-21-17-9-5-4-8-16(17)19-18(21)23-15-13-20-10-6-3-7-11-20/h4-5,8-9H,2-3,6-7,10-15H2,1H3. The highest BCUT2D eigenvalue weighted by atomic mass is 32.2. The third-order valence-electron chi connectivity index (χ3n) is 4.37. The summed E-state index contributed by atoms with van der Waals surface area (Å²) >= 11 is 1.88. The lowest BCUT2D eigenvalue weighted by molar-refractivity contribution is 0.138. The molecule has 0 saturated carbocycles. The van der Waals surface area contributed by atoms with Gasteiger partial charge < -0.3 is 14.2 Å². The molecule has 1 saturated heterocycles. The van der Waals surface area contributed by atoms with E-state index in [0.717, 1.165) is 36.2 Å². The minimum atomic E-state index is 0.747. The van der Waals surface area contributed by atoms with Crippen LogP contribution in [0, 0.1) is 0 Å². The number of rotatable bonds is 8. The molecule has 2 heterocycles. The number of likely N-dealkylation sites (tertiary alicyclic amines) is 1. The molecule has 1 fully saturated rings. The largest absolute Gasteiger partial charge is 0.380 e. The molecule has 1 aliphatic rings. The molecule has 4 nitrogen and oxygen atoms in total.